The van der Waals surface area contributed by atoms with E-state index in [9.17, 15) is 19.5 Å². The number of halogens is 1. The fourth-order valence-corrected chi connectivity index (χ4v) is 9.15. The molecule has 9 atom stereocenters. The molecule has 4 heterocycles. The molecule has 3 amide bonds. The van der Waals surface area contributed by atoms with Crippen LogP contribution in [0.5, 0.6) is 0 Å². The molecule has 52 heavy (non-hydrogen) atoms. The molecule has 0 saturated carbocycles. The highest BCUT2D eigenvalue weighted by Gasteiger charge is 2.75. The normalized spacial score (nSPS) is 31.2. The van der Waals surface area contributed by atoms with Gasteiger partial charge < -0.3 is 29.7 Å². The number of allylic oxidation sites excluding steroid dienone is 1. The third-order valence-electron chi connectivity index (χ3n) is 11.2. The lowest BCUT2D eigenvalue weighted by molar-refractivity contribution is -0.162. The van der Waals surface area contributed by atoms with Gasteiger partial charge in [-0.05, 0) is 53.8 Å². The number of aliphatic hydroxyl groups is 1. The molecule has 3 aromatic carbocycles. The molecule has 4 aliphatic heterocycles. The van der Waals surface area contributed by atoms with E-state index >= 15 is 4.79 Å². The van der Waals surface area contributed by atoms with Crippen molar-refractivity contribution in [1.29, 1.82) is 0 Å². The van der Waals surface area contributed by atoms with Crippen LogP contribution in [0.1, 0.15) is 51.7 Å². The van der Waals surface area contributed by atoms with Gasteiger partial charge in [-0.3, -0.25) is 19.2 Å². The number of ether oxygens (including phenoxy) is 2. The summed E-state index contributed by atoms with van der Waals surface area (Å²) in [5.74, 6) is -4.08. The summed E-state index contributed by atoms with van der Waals surface area (Å²) in [6.45, 7) is 5.48. The third-order valence-corrected chi connectivity index (χ3v) is 11.9. The molecule has 7 rings (SSSR count). The molecule has 2 saturated heterocycles. The second-order valence-corrected chi connectivity index (χ2v) is 15.2. The molecule has 2 N–H and O–H groups in total. The number of nitrogens with one attached hydrogen (secondary N) is 1. The summed E-state index contributed by atoms with van der Waals surface area (Å²) in [5, 5.41) is 15.8. The molecule has 0 aromatic heterocycles. The monoisotopic (exact) mass is 769 g/mol. The molecule has 0 unspecified atom stereocenters. The van der Waals surface area contributed by atoms with Gasteiger partial charge in [0.05, 0.1) is 24.6 Å². The maximum atomic E-state index is 15.4. The Labute approximate surface area is 311 Å². The van der Waals surface area contributed by atoms with E-state index in [-0.39, 0.29) is 31.4 Å². The van der Waals surface area contributed by atoms with Gasteiger partial charge in [0.25, 0.3) is 5.91 Å². The van der Waals surface area contributed by atoms with Crippen LogP contribution >= 0.6 is 15.9 Å². The van der Waals surface area contributed by atoms with Crippen LogP contribution in [-0.2, 0) is 28.7 Å². The molecular weight excluding hydrogens is 726 g/mol. The van der Waals surface area contributed by atoms with E-state index in [2.05, 4.69) is 21.2 Å². The zero-order chi connectivity index (χ0) is 36.7. The van der Waals surface area contributed by atoms with Crippen molar-refractivity contribution >= 4 is 56.1 Å². The topological polar surface area (TPSA) is 125 Å². The first-order chi connectivity index (χ1) is 25.1. The molecule has 272 valence electrons. The lowest BCUT2D eigenvalue weighted by Crippen LogP contribution is -2.59. The maximum absolute atomic E-state index is 15.4. The number of benzene rings is 3. The molecule has 5 bridgehead atoms. The highest BCUT2D eigenvalue weighted by atomic mass is 79.9. The lowest BCUT2D eigenvalue weighted by atomic mass is 9.74. The molecule has 0 radical (unpaired) electrons. The van der Waals surface area contributed by atoms with Gasteiger partial charge in [0.1, 0.15) is 29.8 Å². The predicted octanol–water partition coefficient (Wildman–Crippen LogP) is 5.59. The number of anilines is 1. The van der Waals surface area contributed by atoms with E-state index in [0.717, 1.165) is 10.8 Å². The Morgan fingerprint density at radius 2 is 1.69 bits per heavy atom. The van der Waals surface area contributed by atoms with Crippen LogP contribution in [0.25, 0.3) is 10.8 Å². The number of nitrogens with zero attached hydrogens (tertiary/aromatic N) is 2. The van der Waals surface area contributed by atoms with Crippen molar-refractivity contribution < 1.29 is 33.8 Å². The van der Waals surface area contributed by atoms with Crippen molar-refractivity contribution in [3.05, 3.63) is 101 Å². The minimum absolute atomic E-state index is 0.150. The quantitative estimate of drug-likeness (QED) is 0.248. The molecular formula is C41H44BrN3O7. The smallest absolute Gasteiger partial charge is 0.313 e. The van der Waals surface area contributed by atoms with Crippen molar-refractivity contribution in [3.8, 4) is 0 Å². The molecule has 0 aliphatic carbocycles. The Morgan fingerprint density at radius 1 is 0.962 bits per heavy atom. The van der Waals surface area contributed by atoms with Crippen LogP contribution in [-0.4, -0.2) is 76.7 Å². The maximum Gasteiger partial charge on any atom is 0.313 e. The van der Waals surface area contributed by atoms with Crippen LogP contribution in [0.2, 0.25) is 0 Å². The minimum Gasteiger partial charge on any atom is -0.455 e. The first-order valence-electron chi connectivity index (χ1n) is 18.1. The fourth-order valence-electron chi connectivity index (χ4n) is 8.41. The number of hydrogen-bond acceptors (Lipinski definition) is 7. The van der Waals surface area contributed by atoms with Gasteiger partial charge in [-0.15, -0.1) is 0 Å². The second-order valence-electron chi connectivity index (χ2n) is 14.3. The SMILES string of the molecule is CC[C@H](C)[C@H](CO)N1C(=O)[C@H]2[C@@H]3C(=O)O[C@H](c4ccccc4)[C@@H](C)NC(=O)CC/C=C\CN(c4ccc5ccccc5c4)C(=O)[C@H]1[C@@]21C=C(Br)[C@@H]3O1. The number of cyclic esters (lactones) is 1. The Hall–Kier alpha value is -4.32. The fraction of sp³-hybridized carbons (Fsp3) is 0.415. The standard InChI is InChI=1S/C41H44BrN3O7/c1-4-24(2)31(23-46)45-37-39(49)44(29-19-18-26-13-10-11-16-28(26)21-29)20-12-6-9-17-32(47)43-25(3)35(27-14-7-5-8-15-27)51-40(50)33-34(38(45)48)41(37)22-30(42)36(33)52-41/h5-8,10-16,18-19,21-22,24-25,31,33-37,46H,4,9,17,20,23H2,1-3H3,(H,43,47)/b12-6-/t24-,25+,31-,33-,34+,35-,36-,37-,41+/m0/s1. The average molecular weight is 771 g/mol. The van der Waals surface area contributed by atoms with Crippen LogP contribution in [0.3, 0.4) is 0 Å². The van der Waals surface area contributed by atoms with Gasteiger partial charge in [-0.1, -0.05) is 109 Å². The number of amides is 3. The van der Waals surface area contributed by atoms with E-state index in [1.807, 2.05) is 98.8 Å². The Bertz CT molecular complexity index is 1930. The van der Waals surface area contributed by atoms with Gasteiger partial charge in [0, 0.05) is 23.1 Å². The Morgan fingerprint density at radius 3 is 2.42 bits per heavy atom. The van der Waals surface area contributed by atoms with Crippen molar-refractivity contribution in [1.82, 2.24) is 10.2 Å². The lowest BCUT2D eigenvalue weighted by Gasteiger charge is -2.40. The predicted molar refractivity (Wildman–Crippen MR) is 200 cm³/mol. The van der Waals surface area contributed by atoms with E-state index < -0.39 is 65.6 Å². The van der Waals surface area contributed by atoms with Crippen LogP contribution in [0, 0.1) is 17.8 Å². The Kier molecular flexibility index (Phi) is 10.1. The first-order valence-corrected chi connectivity index (χ1v) is 18.9. The Balaban J connectivity index is 1.38. The van der Waals surface area contributed by atoms with E-state index in [0.29, 0.717) is 28.6 Å². The van der Waals surface area contributed by atoms with E-state index in [1.54, 1.807) is 17.9 Å². The first kappa shape index (κ1) is 36.1. The van der Waals surface area contributed by atoms with Gasteiger partial charge in [-0.25, -0.2) is 0 Å². The van der Waals surface area contributed by atoms with Crippen molar-refractivity contribution in [2.45, 2.75) is 76.0 Å². The van der Waals surface area contributed by atoms with Gasteiger partial charge >= 0.3 is 5.97 Å². The summed E-state index contributed by atoms with van der Waals surface area (Å²) in [6.07, 6.45) is 5.02. The number of hydrogen-bond donors (Lipinski definition) is 2. The molecule has 2 fully saturated rings. The van der Waals surface area contributed by atoms with Crippen molar-refractivity contribution in [2.24, 2.45) is 17.8 Å². The summed E-state index contributed by atoms with van der Waals surface area (Å²) >= 11 is 3.64. The number of aliphatic hydroxyl groups excluding tert-OH is 1. The van der Waals surface area contributed by atoms with E-state index in [4.69, 9.17) is 9.47 Å². The third kappa shape index (κ3) is 6.16. The van der Waals surface area contributed by atoms with Gasteiger partial charge in [0.2, 0.25) is 11.8 Å². The summed E-state index contributed by atoms with van der Waals surface area (Å²) in [5.41, 5.74) is -0.214. The molecule has 4 aliphatic rings. The van der Waals surface area contributed by atoms with Gasteiger partial charge in [-0.2, -0.15) is 0 Å². The van der Waals surface area contributed by atoms with Crippen LogP contribution in [0.15, 0.2) is 95.5 Å². The number of fused-ring (bicyclic) bond motifs is 3. The zero-order valence-corrected chi connectivity index (χ0v) is 31.1. The number of carbonyl (C=O) groups excluding carboxylic acids is 4. The molecule has 11 heteroatoms. The van der Waals surface area contributed by atoms with E-state index in [1.165, 1.54) is 4.90 Å². The number of carbonyl (C=O) groups is 4. The summed E-state index contributed by atoms with van der Waals surface area (Å²) < 4.78 is 13.6. The van der Waals surface area contributed by atoms with Crippen molar-refractivity contribution in [3.63, 3.8) is 0 Å². The number of likely N-dealkylation sites (tertiary alicyclic amines) is 1. The largest absolute Gasteiger partial charge is 0.455 e. The van der Waals surface area contributed by atoms with Crippen LogP contribution in [0.4, 0.5) is 5.69 Å². The van der Waals surface area contributed by atoms with Crippen molar-refractivity contribution in [2.75, 3.05) is 18.1 Å². The highest BCUT2D eigenvalue weighted by Crippen LogP contribution is 2.59. The number of rotatable bonds is 6. The second kappa shape index (κ2) is 14.6. The summed E-state index contributed by atoms with van der Waals surface area (Å²) in [6, 6.07) is 20.3. The summed E-state index contributed by atoms with van der Waals surface area (Å²) in [4.78, 5) is 61.1. The van der Waals surface area contributed by atoms with Crippen LogP contribution < -0.4 is 10.2 Å². The summed E-state index contributed by atoms with van der Waals surface area (Å²) in [7, 11) is 0. The highest BCUT2D eigenvalue weighted by molar-refractivity contribution is 9.11. The number of esters is 1. The average Bonchev–Trinajstić information content (AvgIpc) is 3.75. The zero-order valence-electron chi connectivity index (χ0n) is 29.5. The minimum atomic E-state index is -1.52. The molecule has 3 aromatic rings. The van der Waals surface area contributed by atoms with Gasteiger partial charge in [0.15, 0.2) is 0 Å². The molecule has 10 nitrogen and oxygen atoms in total. The molecule has 1 spiro atoms.